The van der Waals surface area contributed by atoms with Crippen molar-refractivity contribution >= 4 is 27.0 Å². The van der Waals surface area contributed by atoms with Crippen LogP contribution in [0.5, 0.6) is 0 Å². The summed E-state index contributed by atoms with van der Waals surface area (Å²) in [6.07, 6.45) is 0. The Hall–Kier alpha value is -0.910. The normalized spacial score (nSPS) is 13.4. The van der Waals surface area contributed by atoms with Gasteiger partial charge in [-0.25, -0.2) is 4.98 Å². The fraction of sp³-hybridized carbons (Fsp3) is 0.222. The van der Waals surface area contributed by atoms with Crippen molar-refractivity contribution in [2.75, 3.05) is 6.61 Å². The van der Waals surface area contributed by atoms with Gasteiger partial charge in [0.2, 0.25) is 0 Å². The zero-order chi connectivity index (χ0) is 10.1. The standard InChI is InChI=1S/C9H10BrN3O/c10-5-1-2-7-8(3-5)13-9(12-7)6(11)4-14/h1-3,6,14H,4,11H2,(H,12,13)/t6-/m1/s1. The van der Waals surface area contributed by atoms with Gasteiger partial charge in [0.15, 0.2) is 0 Å². The molecule has 0 aliphatic rings. The highest BCUT2D eigenvalue weighted by Crippen LogP contribution is 2.19. The highest BCUT2D eigenvalue weighted by atomic mass is 79.9. The van der Waals surface area contributed by atoms with Crippen LogP contribution in [0.25, 0.3) is 11.0 Å². The second-order valence-corrected chi connectivity index (χ2v) is 3.99. The van der Waals surface area contributed by atoms with Gasteiger partial charge in [0, 0.05) is 4.47 Å². The van der Waals surface area contributed by atoms with E-state index >= 15 is 0 Å². The Bertz CT molecular complexity index is 454. The van der Waals surface area contributed by atoms with Crippen molar-refractivity contribution in [3.8, 4) is 0 Å². The summed E-state index contributed by atoms with van der Waals surface area (Å²) in [5, 5.41) is 8.87. The number of aliphatic hydroxyl groups excluding tert-OH is 1. The average Bonchev–Trinajstić information content (AvgIpc) is 2.59. The Morgan fingerprint density at radius 2 is 2.36 bits per heavy atom. The largest absolute Gasteiger partial charge is 0.394 e. The first-order valence-electron chi connectivity index (χ1n) is 4.22. The number of aromatic nitrogens is 2. The number of rotatable bonds is 2. The summed E-state index contributed by atoms with van der Waals surface area (Å²) >= 11 is 3.37. The summed E-state index contributed by atoms with van der Waals surface area (Å²) in [7, 11) is 0. The van der Waals surface area contributed by atoms with Gasteiger partial charge in [-0.3, -0.25) is 0 Å². The van der Waals surface area contributed by atoms with E-state index in [2.05, 4.69) is 25.9 Å². The molecule has 0 amide bonds. The molecule has 4 N–H and O–H groups in total. The quantitative estimate of drug-likeness (QED) is 0.758. The molecular weight excluding hydrogens is 246 g/mol. The number of aliphatic hydroxyl groups is 1. The molecule has 1 aromatic heterocycles. The number of hydrogen-bond acceptors (Lipinski definition) is 3. The van der Waals surface area contributed by atoms with Crippen LogP contribution in [0.1, 0.15) is 11.9 Å². The second-order valence-electron chi connectivity index (χ2n) is 3.07. The zero-order valence-corrected chi connectivity index (χ0v) is 8.95. The van der Waals surface area contributed by atoms with Crippen molar-refractivity contribution in [1.82, 2.24) is 9.97 Å². The number of benzene rings is 1. The van der Waals surface area contributed by atoms with E-state index in [-0.39, 0.29) is 6.61 Å². The summed E-state index contributed by atoms with van der Waals surface area (Å²) in [6, 6.07) is 5.29. The number of nitrogens with two attached hydrogens (primary N) is 1. The third-order valence-corrected chi connectivity index (χ3v) is 2.50. The molecule has 0 spiro atoms. The molecule has 14 heavy (non-hydrogen) atoms. The second kappa shape index (κ2) is 3.68. The number of aromatic amines is 1. The number of fused-ring (bicyclic) bond motifs is 1. The van der Waals surface area contributed by atoms with E-state index in [1.54, 1.807) is 0 Å². The first kappa shape index (κ1) is 9.64. The third-order valence-electron chi connectivity index (χ3n) is 2.01. The van der Waals surface area contributed by atoms with Crippen molar-refractivity contribution in [2.45, 2.75) is 6.04 Å². The predicted octanol–water partition coefficient (Wildman–Crippen LogP) is 1.32. The van der Waals surface area contributed by atoms with E-state index < -0.39 is 6.04 Å². The van der Waals surface area contributed by atoms with Gasteiger partial charge in [-0.05, 0) is 18.2 Å². The average molecular weight is 256 g/mol. The van der Waals surface area contributed by atoms with Gasteiger partial charge in [-0.2, -0.15) is 0 Å². The molecule has 2 aromatic rings. The van der Waals surface area contributed by atoms with Crippen LogP contribution in [-0.4, -0.2) is 21.7 Å². The molecule has 0 aliphatic carbocycles. The minimum absolute atomic E-state index is 0.110. The van der Waals surface area contributed by atoms with Gasteiger partial charge in [0.1, 0.15) is 5.82 Å². The van der Waals surface area contributed by atoms with Gasteiger partial charge in [-0.1, -0.05) is 15.9 Å². The van der Waals surface area contributed by atoms with Crippen LogP contribution in [0, 0.1) is 0 Å². The summed E-state index contributed by atoms with van der Waals surface area (Å²) in [5.41, 5.74) is 7.41. The Labute approximate surface area is 89.3 Å². The lowest BCUT2D eigenvalue weighted by molar-refractivity contribution is 0.264. The van der Waals surface area contributed by atoms with Crippen LogP contribution in [0.15, 0.2) is 22.7 Å². The Kier molecular flexibility index (Phi) is 2.54. The Morgan fingerprint density at radius 3 is 3.07 bits per heavy atom. The molecule has 74 valence electrons. The van der Waals surface area contributed by atoms with E-state index in [0.29, 0.717) is 5.82 Å². The van der Waals surface area contributed by atoms with E-state index in [0.717, 1.165) is 15.5 Å². The number of nitrogens with zero attached hydrogens (tertiary/aromatic N) is 1. The minimum atomic E-state index is -0.443. The van der Waals surface area contributed by atoms with Crippen molar-refractivity contribution in [3.63, 3.8) is 0 Å². The topological polar surface area (TPSA) is 74.9 Å². The number of imidazole rings is 1. The lowest BCUT2D eigenvalue weighted by atomic mass is 10.3. The molecule has 2 rings (SSSR count). The number of nitrogens with one attached hydrogen (secondary N) is 1. The maximum atomic E-state index is 8.87. The van der Waals surface area contributed by atoms with Crippen LogP contribution < -0.4 is 5.73 Å². The van der Waals surface area contributed by atoms with Crippen molar-refractivity contribution in [2.24, 2.45) is 5.73 Å². The fourth-order valence-corrected chi connectivity index (χ4v) is 1.62. The molecule has 0 saturated carbocycles. The molecule has 0 fully saturated rings. The van der Waals surface area contributed by atoms with Crippen LogP contribution in [0.4, 0.5) is 0 Å². The molecule has 1 heterocycles. The summed E-state index contributed by atoms with van der Waals surface area (Å²) < 4.78 is 0.984. The predicted molar refractivity (Wildman–Crippen MR) is 57.8 cm³/mol. The highest BCUT2D eigenvalue weighted by Gasteiger charge is 2.09. The van der Waals surface area contributed by atoms with Crippen LogP contribution >= 0.6 is 15.9 Å². The maximum absolute atomic E-state index is 8.87. The summed E-state index contributed by atoms with van der Waals surface area (Å²) in [5.74, 6) is 0.612. The molecule has 4 nitrogen and oxygen atoms in total. The first-order chi connectivity index (χ1) is 6.70. The van der Waals surface area contributed by atoms with Crippen molar-refractivity contribution < 1.29 is 5.11 Å². The van der Waals surface area contributed by atoms with Gasteiger partial charge in [-0.15, -0.1) is 0 Å². The number of hydrogen-bond donors (Lipinski definition) is 3. The molecule has 1 atom stereocenters. The lowest BCUT2D eigenvalue weighted by Gasteiger charge is -2.01. The molecule has 0 aliphatic heterocycles. The Morgan fingerprint density at radius 1 is 1.57 bits per heavy atom. The van der Waals surface area contributed by atoms with Crippen LogP contribution in [0.3, 0.4) is 0 Å². The molecule has 0 saturated heterocycles. The number of H-pyrrole nitrogens is 1. The molecule has 5 heteroatoms. The van der Waals surface area contributed by atoms with E-state index in [4.69, 9.17) is 10.8 Å². The van der Waals surface area contributed by atoms with Gasteiger partial charge in [0.25, 0.3) is 0 Å². The Balaban J connectivity index is 2.51. The van der Waals surface area contributed by atoms with Gasteiger partial charge in [0.05, 0.1) is 23.7 Å². The van der Waals surface area contributed by atoms with Gasteiger partial charge < -0.3 is 15.8 Å². The smallest absolute Gasteiger partial charge is 0.126 e. The first-order valence-corrected chi connectivity index (χ1v) is 5.01. The van der Waals surface area contributed by atoms with Crippen molar-refractivity contribution in [3.05, 3.63) is 28.5 Å². The molecular formula is C9H10BrN3O. The van der Waals surface area contributed by atoms with E-state index in [1.165, 1.54) is 0 Å². The molecule has 0 unspecified atom stereocenters. The number of halogens is 1. The highest BCUT2D eigenvalue weighted by molar-refractivity contribution is 9.10. The zero-order valence-electron chi connectivity index (χ0n) is 7.37. The summed E-state index contributed by atoms with van der Waals surface area (Å²) in [4.78, 5) is 7.32. The molecule has 1 aromatic carbocycles. The lowest BCUT2D eigenvalue weighted by Crippen LogP contribution is -2.15. The fourth-order valence-electron chi connectivity index (χ4n) is 1.26. The van der Waals surface area contributed by atoms with Gasteiger partial charge >= 0.3 is 0 Å². The monoisotopic (exact) mass is 255 g/mol. The van der Waals surface area contributed by atoms with Crippen LogP contribution in [0.2, 0.25) is 0 Å². The summed E-state index contributed by atoms with van der Waals surface area (Å²) in [6.45, 7) is -0.110. The third kappa shape index (κ3) is 1.66. The SMILES string of the molecule is N[C@H](CO)c1nc2ccc(Br)cc2[nH]1. The van der Waals surface area contributed by atoms with E-state index in [9.17, 15) is 0 Å². The van der Waals surface area contributed by atoms with Crippen LogP contribution in [-0.2, 0) is 0 Å². The molecule has 0 bridgehead atoms. The van der Waals surface area contributed by atoms with E-state index in [1.807, 2.05) is 18.2 Å². The minimum Gasteiger partial charge on any atom is -0.394 e. The maximum Gasteiger partial charge on any atom is 0.126 e. The van der Waals surface area contributed by atoms with Crippen molar-refractivity contribution in [1.29, 1.82) is 0 Å². The molecule has 0 radical (unpaired) electrons.